The molecule has 0 amide bonds. The Labute approximate surface area is 96.3 Å². The first-order valence-corrected chi connectivity index (χ1v) is 5.20. The molecule has 17 heavy (non-hydrogen) atoms. The van der Waals surface area contributed by atoms with Crippen molar-refractivity contribution < 1.29 is 9.21 Å². The number of aldehydes is 1. The van der Waals surface area contributed by atoms with Crippen LogP contribution in [0.25, 0.3) is 21.7 Å². The maximum Gasteiger partial charge on any atom is 0.193 e. The summed E-state index contributed by atoms with van der Waals surface area (Å²) in [5, 5.41) is 2.31. The van der Waals surface area contributed by atoms with Gasteiger partial charge in [0.15, 0.2) is 17.5 Å². The van der Waals surface area contributed by atoms with E-state index in [1.165, 1.54) is 6.07 Å². The molecule has 82 valence electrons. The van der Waals surface area contributed by atoms with Crippen molar-refractivity contribution in [2.45, 2.75) is 0 Å². The predicted molar refractivity (Wildman–Crippen MR) is 65.4 cm³/mol. The summed E-state index contributed by atoms with van der Waals surface area (Å²) in [6, 6.07) is 12.4. The molecule has 2 aromatic carbocycles. The Kier molecular flexibility index (Phi) is 2.05. The zero-order valence-corrected chi connectivity index (χ0v) is 8.84. The zero-order chi connectivity index (χ0) is 11.8. The van der Waals surface area contributed by atoms with E-state index in [1.807, 2.05) is 30.3 Å². The van der Waals surface area contributed by atoms with Crippen LogP contribution in [0.15, 0.2) is 51.7 Å². The lowest BCUT2D eigenvalue weighted by atomic mass is 10.1. The van der Waals surface area contributed by atoms with Crippen LogP contribution in [0.4, 0.5) is 0 Å². The molecular formula is C14H8O3. The van der Waals surface area contributed by atoms with Crippen LogP contribution in [0, 0.1) is 0 Å². The second-order valence-electron chi connectivity index (χ2n) is 3.79. The first-order valence-electron chi connectivity index (χ1n) is 5.20. The van der Waals surface area contributed by atoms with Crippen molar-refractivity contribution in [3.8, 4) is 0 Å². The summed E-state index contributed by atoms with van der Waals surface area (Å²) in [6.07, 6.45) is 0.544. The highest BCUT2D eigenvalue weighted by atomic mass is 16.3. The van der Waals surface area contributed by atoms with Gasteiger partial charge in [0.1, 0.15) is 5.58 Å². The van der Waals surface area contributed by atoms with Crippen molar-refractivity contribution >= 4 is 28.0 Å². The lowest BCUT2D eigenvalue weighted by Crippen LogP contribution is -2.01. The fourth-order valence-corrected chi connectivity index (χ4v) is 1.96. The third kappa shape index (κ3) is 1.44. The third-order valence-electron chi connectivity index (χ3n) is 2.75. The fourth-order valence-electron chi connectivity index (χ4n) is 1.96. The average Bonchev–Trinajstić information content (AvgIpc) is 2.38. The van der Waals surface area contributed by atoms with E-state index in [2.05, 4.69) is 0 Å². The highest BCUT2D eigenvalue weighted by Gasteiger charge is 2.07. The molecule has 0 atom stereocenters. The minimum Gasteiger partial charge on any atom is -0.452 e. The molecule has 0 aliphatic carbocycles. The summed E-state index contributed by atoms with van der Waals surface area (Å²) < 4.78 is 5.44. The van der Waals surface area contributed by atoms with Gasteiger partial charge in [-0.2, -0.15) is 0 Å². The van der Waals surface area contributed by atoms with Crippen LogP contribution in [0.3, 0.4) is 0 Å². The molecule has 0 spiro atoms. The molecule has 0 unspecified atom stereocenters. The van der Waals surface area contributed by atoms with E-state index < -0.39 is 0 Å². The van der Waals surface area contributed by atoms with Crippen molar-refractivity contribution in [1.29, 1.82) is 0 Å². The molecule has 0 radical (unpaired) electrons. The minimum atomic E-state index is -0.195. The molecule has 1 aromatic heterocycles. The van der Waals surface area contributed by atoms with E-state index in [0.29, 0.717) is 17.3 Å². The Morgan fingerprint density at radius 1 is 1.00 bits per heavy atom. The Morgan fingerprint density at radius 3 is 2.65 bits per heavy atom. The van der Waals surface area contributed by atoms with Gasteiger partial charge >= 0.3 is 0 Å². The van der Waals surface area contributed by atoms with Crippen LogP contribution in [0.5, 0.6) is 0 Å². The van der Waals surface area contributed by atoms with Gasteiger partial charge in [-0.25, -0.2) is 0 Å². The summed E-state index contributed by atoms with van der Waals surface area (Å²) in [5.74, 6) is 0.0545. The Balaban J connectivity index is 2.61. The van der Waals surface area contributed by atoms with Crippen LogP contribution in [-0.2, 0) is 0 Å². The number of carbonyl (C=O) groups is 1. The molecule has 3 nitrogen and oxygen atoms in total. The van der Waals surface area contributed by atoms with Crippen molar-refractivity contribution in [1.82, 2.24) is 0 Å². The molecule has 0 aliphatic rings. The maximum absolute atomic E-state index is 11.8. The first-order chi connectivity index (χ1) is 8.29. The van der Waals surface area contributed by atoms with Gasteiger partial charge in [-0.15, -0.1) is 0 Å². The zero-order valence-electron chi connectivity index (χ0n) is 8.84. The number of hydrogen-bond acceptors (Lipinski definition) is 3. The van der Waals surface area contributed by atoms with Gasteiger partial charge in [-0.3, -0.25) is 9.59 Å². The fraction of sp³-hybridized carbons (Fsp3) is 0. The summed E-state index contributed by atoms with van der Waals surface area (Å²) in [6.45, 7) is 0. The van der Waals surface area contributed by atoms with Crippen LogP contribution in [-0.4, -0.2) is 6.29 Å². The van der Waals surface area contributed by atoms with Crippen LogP contribution in [0.1, 0.15) is 10.6 Å². The van der Waals surface area contributed by atoms with Crippen LogP contribution >= 0.6 is 0 Å². The van der Waals surface area contributed by atoms with E-state index in [9.17, 15) is 9.59 Å². The Hall–Kier alpha value is -2.42. The smallest absolute Gasteiger partial charge is 0.193 e. The van der Waals surface area contributed by atoms with Gasteiger partial charge in [0.05, 0.1) is 5.39 Å². The van der Waals surface area contributed by atoms with E-state index in [4.69, 9.17) is 4.42 Å². The lowest BCUT2D eigenvalue weighted by Gasteiger charge is -2.02. The average molecular weight is 224 g/mol. The van der Waals surface area contributed by atoms with E-state index >= 15 is 0 Å². The largest absolute Gasteiger partial charge is 0.452 e. The van der Waals surface area contributed by atoms with Crippen molar-refractivity contribution in [2.24, 2.45) is 0 Å². The van der Waals surface area contributed by atoms with Gasteiger partial charge in [-0.05, 0) is 11.5 Å². The van der Waals surface area contributed by atoms with E-state index in [0.717, 1.165) is 10.8 Å². The van der Waals surface area contributed by atoms with E-state index in [1.54, 1.807) is 6.07 Å². The van der Waals surface area contributed by atoms with Gasteiger partial charge < -0.3 is 4.42 Å². The van der Waals surface area contributed by atoms with Crippen molar-refractivity contribution in [3.63, 3.8) is 0 Å². The Bertz CT molecular complexity index is 784. The topological polar surface area (TPSA) is 47.3 Å². The predicted octanol–water partition coefficient (Wildman–Crippen LogP) is 2.76. The maximum atomic E-state index is 11.8. The molecule has 3 heteroatoms. The number of fused-ring (bicyclic) bond motifs is 3. The van der Waals surface area contributed by atoms with Gasteiger partial charge in [0.25, 0.3) is 0 Å². The summed E-state index contributed by atoms with van der Waals surface area (Å²) in [7, 11) is 0. The lowest BCUT2D eigenvalue weighted by molar-refractivity contribution is 0.110. The van der Waals surface area contributed by atoms with Gasteiger partial charge in [0, 0.05) is 11.5 Å². The molecule has 0 N–H and O–H groups in total. The summed E-state index contributed by atoms with van der Waals surface area (Å²) >= 11 is 0. The van der Waals surface area contributed by atoms with Crippen molar-refractivity contribution in [2.75, 3.05) is 0 Å². The molecule has 0 saturated heterocycles. The van der Waals surface area contributed by atoms with E-state index in [-0.39, 0.29) is 11.2 Å². The molecule has 0 bridgehead atoms. The molecule has 0 fully saturated rings. The molecule has 3 rings (SSSR count). The van der Waals surface area contributed by atoms with Gasteiger partial charge in [0.2, 0.25) is 0 Å². The highest BCUT2D eigenvalue weighted by Crippen LogP contribution is 2.23. The van der Waals surface area contributed by atoms with Crippen LogP contribution < -0.4 is 5.43 Å². The third-order valence-corrected chi connectivity index (χ3v) is 2.75. The molecule has 3 aromatic rings. The normalized spacial score (nSPS) is 10.8. The quantitative estimate of drug-likeness (QED) is 0.471. The van der Waals surface area contributed by atoms with Crippen LogP contribution in [0.2, 0.25) is 0 Å². The number of carbonyl (C=O) groups excluding carboxylic acids is 1. The standard InChI is InChI=1S/C14H8O3/c15-8-10-7-13(16)12-6-5-9-3-1-2-4-11(9)14(12)17-10/h1-8H. The molecular weight excluding hydrogens is 216 g/mol. The number of rotatable bonds is 1. The van der Waals surface area contributed by atoms with Crippen molar-refractivity contribution in [3.05, 3.63) is 58.4 Å². The SMILES string of the molecule is O=Cc1cc(=O)c2ccc3ccccc3c2o1. The monoisotopic (exact) mass is 224 g/mol. The number of benzene rings is 2. The summed E-state index contributed by atoms with van der Waals surface area (Å²) in [5.41, 5.74) is 0.275. The summed E-state index contributed by atoms with van der Waals surface area (Å²) in [4.78, 5) is 22.5. The molecule has 0 aliphatic heterocycles. The number of hydrogen-bond donors (Lipinski definition) is 0. The van der Waals surface area contributed by atoms with Gasteiger partial charge in [-0.1, -0.05) is 30.3 Å². The molecule has 0 saturated carbocycles. The minimum absolute atomic E-state index is 0.0545. The Morgan fingerprint density at radius 2 is 1.82 bits per heavy atom. The first kappa shape index (κ1) is 9.78. The molecule has 1 heterocycles. The second kappa shape index (κ2) is 3.56. The second-order valence-corrected chi connectivity index (χ2v) is 3.79. The highest BCUT2D eigenvalue weighted by molar-refractivity contribution is 6.04.